The van der Waals surface area contributed by atoms with Crippen molar-refractivity contribution in [2.45, 2.75) is 39.2 Å². The number of nitrogens with zero attached hydrogens (tertiary/aromatic N) is 3. The molecule has 2 saturated heterocycles. The number of ether oxygens (including phenoxy) is 1. The number of piperidine rings is 1. The van der Waals surface area contributed by atoms with Gasteiger partial charge in [-0.1, -0.05) is 23.5 Å². The van der Waals surface area contributed by atoms with E-state index in [1.54, 1.807) is 11.3 Å². The average molecular weight is 359 g/mol. The Morgan fingerprint density at radius 1 is 1.20 bits per heavy atom. The number of rotatable bonds is 1. The molecule has 134 valence electrons. The van der Waals surface area contributed by atoms with Gasteiger partial charge in [-0.3, -0.25) is 0 Å². The van der Waals surface area contributed by atoms with E-state index in [1.165, 1.54) is 4.70 Å². The van der Waals surface area contributed by atoms with Crippen LogP contribution in [0, 0.1) is 5.41 Å². The summed E-state index contributed by atoms with van der Waals surface area (Å²) in [6.07, 6.45) is 1.92. The van der Waals surface area contributed by atoms with Gasteiger partial charge < -0.3 is 14.5 Å². The highest BCUT2D eigenvalue weighted by atomic mass is 32.1. The fraction of sp³-hybridized carbons (Fsp3) is 0.579. The second-order valence-corrected chi connectivity index (χ2v) is 9.30. The zero-order valence-electron chi connectivity index (χ0n) is 15.1. The number of hydrogen-bond acceptors (Lipinski definition) is 5. The van der Waals surface area contributed by atoms with Gasteiger partial charge in [0.15, 0.2) is 5.13 Å². The lowest BCUT2D eigenvalue weighted by atomic mass is 9.72. The van der Waals surface area contributed by atoms with Crippen molar-refractivity contribution in [3.05, 3.63) is 24.3 Å². The van der Waals surface area contributed by atoms with Crippen LogP contribution in [0.3, 0.4) is 0 Å². The highest BCUT2D eigenvalue weighted by Crippen LogP contribution is 2.44. The molecule has 2 aliphatic heterocycles. The van der Waals surface area contributed by atoms with Crippen molar-refractivity contribution in [3.8, 4) is 0 Å². The molecule has 0 atom stereocenters. The molecule has 25 heavy (non-hydrogen) atoms. The highest BCUT2D eigenvalue weighted by Gasteiger charge is 2.46. The molecule has 5 nitrogen and oxygen atoms in total. The average Bonchev–Trinajstić information content (AvgIpc) is 2.94. The van der Waals surface area contributed by atoms with Crippen molar-refractivity contribution in [2.24, 2.45) is 5.41 Å². The Kier molecular flexibility index (Phi) is 3.90. The molecular formula is C19H25N3O2S. The maximum atomic E-state index is 12.2. The van der Waals surface area contributed by atoms with Gasteiger partial charge in [-0.05, 0) is 45.7 Å². The van der Waals surface area contributed by atoms with Crippen LogP contribution < -0.4 is 4.90 Å². The number of hydrogen-bond donors (Lipinski definition) is 0. The molecule has 0 saturated carbocycles. The van der Waals surface area contributed by atoms with Gasteiger partial charge in [0.1, 0.15) is 5.60 Å². The number of aromatic nitrogens is 1. The molecular weight excluding hydrogens is 334 g/mol. The van der Waals surface area contributed by atoms with Gasteiger partial charge in [0.2, 0.25) is 0 Å². The Bertz CT molecular complexity index is 746. The van der Waals surface area contributed by atoms with Crippen molar-refractivity contribution in [2.75, 3.05) is 31.1 Å². The van der Waals surface area contributed by atoms with Crippen LogP contribution in [0.15, 0.2) is 24.3 Å². The number of anilines is 1. The lowest BCUT2D eigenvalue weighted by Crippen LogP contribution is -2.61. The normalized spacial score (nSPS) is 20.0. The molecule has 0 bridgehead atoms. The molecule has 0 radical (unpaired) electrons. The second-order valence-electron chi connectivity index (χ2n) is 8.29. The summed E-state index contributed by atoms with van der Waals surface area (Å²) in [5.74, 6) is 0. The molecule has 0 N–H and O–H groups in total. The van der Waals surface area contributed by atoms with E-state index in [1.807, 2.05) is 31.7 Å². The summed E-state index contributed by atoms with van der Waals surface area (Å²) >= 11 is 1.77. The standard InChI is InChI=1S/C19H25N3O2S/c1-18(2,3)24-17(23)21-10-8-19(9-11-21)12-22(13-19)16-20-14-6-4-5-7-15(14)25-16/h4-7H,8-13H2,1-3H3. The smallest absolute Gasteiger partial charge is 0.410 e. The minimum absolute atomic E-state index is 0.176. The van der Waals surface area contributed by atoms with Crippen molar-refractivity contribution in [1.82, 2.24) is 9.88 Å². The molecule has 1 amide bonds. The zero-order chi connectivity index (χ0) is 17.7. The Morgan fingerprint density at radius 3 is 2.52 bits per heavy atom. The summed E-state index contributed by atoms with van der Waals surface area (Å²) in [5.41, 5.74) is 1.01. The molecule has 1 spiro atoms. The van der Waals surface area contributed by atoms with Crippen molar-refractivity contribution in [3.63, 3.8) is 0 Å². The van der Waals surface area contributed by atoms with Gasteiger partial charge in [-0.25, -0.2) is 9.78 Å². The number of para-hydroxylation sites is 1. The first-order chi connectivity index (χ1) is 11.8. The summed E-state index contributed by atoms with van der Waals surface area (Å²) in [5, 5.41) is 1.13. The van der Waals surface area contributed by atoms with Gasteiger partial charge in [-0.15, -0.1) is 0 Å². The summed E-state index contributed by atoms with van der Waals surface area (Å²) in [4.78, 5) is 21.2. The van der Waals surface area contributed by atoms with Crippen molar-refractivity contribution >= 4 is 32.8 Å². The monoisotopic (exact) mass is 359 g/mol. The maximum absolute atomic E-state index is 12.2. The Morgan fingerprint density at radius 2 is 1.88 bits per heavy atom. The fourth-order valence-corrected chi connectivity index (χ4v) is 4.66. The molecule has 3 heterocycles. The van der Waals surface area contributed by atoms with E-state index >= 15 is 0 Å². The first-order valence-electron chi connectivity index (χ1n) is 8.92. The minimum atomic E-state index is -0.424. The Balaban J connectivity index is 1.34. The number of benzene rings is 1. The lowest BCUT2D eigenvalue weighted by molar-refractivity contribution is 0.00598. The number of carbonyl (C=O) groups excluding carboxylic acids is 1. The minimum Gasteiger partial charge on any atom is -0.444 e. The summed E-state index contributed by atoms with van der Waals surface area (Å²) < 4.78 is 6.74. The number of thiazole rings is 1. The van der Waals surface area contributed by atoms with Crippen molar-refractivity contribution in [1.29, 1.82) is 0 Å². The predicted octanol–water partition coefficient (Wildman–Crippen LogP) is 4.13. The van der Waals surface area contributed by atoms with Crippen LogP contribution >= 0.6 is 11.3 Å². The van der Waals surface area contributed by atoms with Crippen LogP contribution in [0.4, 0.5) is 9.93 Å². The molecule has 0 aliphatic carbocycles. The van der Waals surface area contributed by atoms with E-state index in [-0.39, 0.29) is 6.09 Å². The van der Waals surface area contributed by atoms with E-state index in [2.05, 4.69) is 23.1 Å². The molecule has 2 aliphatic rings. The maximum Gasteiger partial charge on any atom is 0.410 e. The van der Waals surface area contributed by atoms with Gasteiger partial charge in [0.25, 0.3) is 0 Å². The molecule has 2 fully saturated rings. The van der Waals surface area contributed by atoms with Gasteiger partial charge in [0, 0.05) is 31.6 Å². The lowest BCUT2D eigenvalue weighted by Gasteiger charge is -2.53. The Labute approximate surface area is 152 Å². The molecule has 4 rings (SSSR count). The number of amides is 1. The summed E-state index contributed by atoms with van der Waals surface area (Å²) in [6, 6.07) is 8.31. The molecule has 0 unspecified atom stereocenters. The van der Waals surface area contributed by atoms with Crippen LogP contribution in [0.5, 0.6) is 0 Å². The third kappa shape index (κ3) is 3.32. The SMILES string of the molecule is CC(C)(C)OC(=O)N1CCC2(CC1)CN(c1nc3ccccc3s1)C2. The van der Waals surface area contributed by atoms with E-state index in [4.69, 9.17) is 9.72 Å². The van der Waals surface area contributed by atoms with Crippen LogP contribution in [0.25, 0.3) is 10.2 Å². The van der Waals surface area contributed by atoms with Crippen LogP contribution in [0.2, 0.25) is 0 Å². The van der Waals surface area contributed by atoms with Crippen LogP contribution in [0.1, 0.15) is 33.6 Å². The van der Waals surface area contributed by atoms with E-state index in [0.717, 1.165) is 49.7 Å². The van der Waals surface area contributed by atoms with Crippen molar-refractivity contribution < 1.29 is 9.53 Å². The predicted molar refractivity (Wildman–Crippen MR) is 101 cm³/mol. The first-order valence-corrected chi connectivity index (χ1v) is 9.74. The largest absolute Gasteiger partial charge is 0.444 e. The van der Waals surface area contributed by atoms with Gasteiger partial charge in [0.05, 0.1) is 10.2 Å². The van der Waals surface area contributed by atoms with E-state index in [0.29, 0.717) is 5.41 Å². The van der Waals surface area contributed by atoms with Gasteiger partial charge in [-0.2, -0.15) is 0 Å². The molecule has 1 aromatic heterocycles. The fourth-order valence-electron chi connectivity index (χ4n) is 3.70. The second kappa shape index (κ2) is 5.87. The van der Waals surface area contributed by atoms with E-state index in [9.17, 15) is 4.79 Å². The molecule has 2 aromatic rings. The quantitative estimate of drug-likeness (QED) is 0.768. The third-order valence-electron chi connectivity index (χ3n) is 5.08. The topological polar surface area (TPSA) is 45.7 Å². The van der Waals surface area contributed by atoms with E-state index < -0.39 is 5.60 Å². The highest BCUT2D eigenvalue weighted by molar-refractivity contribution is 7.22. The van der Waals surface area contributed by atoms with Crippen LogP contribution in [-0.2, 0) is 4.74 Å². The number of carbonyl (C=O) groups is 1. The zero-order valence-corrected chi connectivity index (χ0v) is 15.9. The Hall–Kier alpha value is -1.82. The summed E-state index contributed by atoms with van der Waals surface area (Å²) in [7, 11) is 0. The first kappa shape index (κ1) is 16.6. The molecule has 1 aromatic carbocycles. The van der Waals surface area contributed by atoms with Gasteiger partial charge >= 0.3 is 6.09 Å². The number of likely N-dealkylation sites (tertiary alicyclic amines) is 1. The molecule has 6 heteroatoms. The number of fused-ring (bicyclic) bond motifs is 1. The third-order valence-corrected chi connectivity index (χ3v) is 6.18. The summed E-state index contributed by atoms with van der Waals surface area (Å²) in [6.45, 7) is 9.43. The van der Waals surface area contributed by atoms with Crippen LogP contribution in [-0.4, -0.2) is 47.8 Å².